The molecule has 0 spiro atoms. The maximum atomic E-state index is 12.3. The number of hydrogen-bond acceptors (Lipinski definition) is 5. The fourth-order valence-corrected chi connectivity index (χ4v) is 6.32. The summed E-state index contributed by atoms with van der Waals surface area (Å²) in [6.07, 6.45) is 44.4. The molecule has 3 N–H and O–H groups in total. The minimum atomic E-state index is -0.850. The first kappa shape index (κ1) is 48.3. The molecule has 2 atom stereocenters. The Morgan fingerprint density at radius 1 is 0.540 bits per heavy atom. The number of unbranched alkanes of at least 4 members (excludes halogenated alkanes) is 26. The summed E-state index contributed by atoms with van der Waals surface area (Å²) in [6, 6.07) is -0.634. The smallest absolute Gasteiger partial charge is 0.305 e. The number of allylic oxidation sites excluding steroid dienone is 3. The standard InChI is InChI=1S/C44H83NO5/c1-3-5-7-9-11-13-17-22-26-30-34-38-44(49)50-39-35-31-27-23-19-16-14-15-18-21-25-29-33-37-43(48)45-41(40-46)42(47)36-32-28-24-20-12-10-8-6-4-2/h9,11,32,36,41-42,46-47H,3-8,10,12-31,33-35,37-40H2,1-2H3,(H,45,48)/b11-9-,36-32+. The van der Waals surface area contributed by atoms with Crippen LogP contribution in [0.4, 0.5) is 0 Å². The molecular formula is C44H83NO5. The molecule has 0 saturated carbocycles. The summed E-state index contributed by atoms with van der Waals surface area (Å²) in [5, 5.41) is 22.8. The Labute approximate surface area is 310 Å². The molecule has 2 unspecified atom stereocenters. The highest BCUT2D eigenvalue weighted by molar-refractivity contribution is 5.76. The second kappa shape index (κ2) is 40.1. The van der Waals surface area contributed by atoms with Crippen LogP contribution in [-0.2, 0) is 14.3 Å². The average Bonchev–Trinajstić information content (AvgIpc) is 3.11. The Bertz CT molecular complexity index is 782. The highest BCUT2D eigenvalue weighted by Crippen LogP contribution is 2.14. The maximum Gasteiger partial charge on any atom is 0.305 e. The van der Waals surface area contributed by atoms with E-state index >= 15 is 0 Å². The van der Waals surface area contributed by atoms with Gasteiger partial charge in [-0.25, -0.2) is 0 Å². The molecule has 0 aliphatic rings. The van der Waals surface area contributed by atoms with Gasteiger partial charge in [0.1, 0.15) is 0 Å². The number of esters is 1. The second-order valence-corrected chi connectivity index (χ2v) is 14.7. The third-order valence-corrected chi connectivity index (χ3v) is 9.72. The first-order valence-corrected chi connectivity index (χ1v) is 21.6. The Hall–Kier alpha value is -1.66. The van der Waals surface area contributed by atoms with Gasteiger partial charge in [-0.2, -0.15) is 0 Å². The third kappa shape index (κ3) is 36.1. The lowest BCUT2D eigenvalue weighted by molar-refractivity contribution is -0.143. The molecule has 0 aliphatic heterocycles. The number of amides is 1. The van der Waals surface area contributed by atoms with E-state index < -0.39 is 12.1 Å². The van der Waals surface area contributed by atoms with Crippen molar-refractivity contribution in [3.8, 4) is 0 Å². The number of nitrogens with one attached hydrogen (secondary N) is 1. The zero-order valence-corrected chi connectivity index (χ0v) is 33.1. The monoisotopic (exact) mass is 706 g/mol. The molecule has 50 heavy (non-hydrogen) atoms. The quantitative estimate of drug-likeness (QED) is 0.0336. The predicted molar refractivity (Wildman–Crippen MR) is 213 cm³/mol. The lowest BCUT2D eigenvalue weighted by atomic mass is 10.0. The Morgan fingerprint density at radius 3 is 1.48 bits per heavy atom. The Balaban J connectivity index is 3.48. The first-order chi connectivity index (χ1) is 24.5. The van der Waals surface area contributed by atoms with Crippen LogP contribution >= 0.6 is 0 Å². The van der Waals surface area contributed by atoms with Gasteiger partial charge in [0.2, 0.25) is 5.91 Å². The van der Waals surface area contributed by atoms with E-state index in [1.54, 1.807) is 6.08 Å². The molecule has 0 rings (SSSR count). The van der Waals surface area contributed by atoms with Crippen molar-refractivity contribution in [2.24, 2.45) is 0 Å². The van der Waals surface area contributed by atoms with Gasteiger partial charge in [-0.05, 0) is 51.4 Å². The van der Waals surface area contributed by atoms with E-state index in [0.717, 1.165) is 57.8 Å². The van der Waals surface area contributed by atoms with Crippen molar-refractivity contribution in [1.82, 2.24) is 5.32 Å². The summed E-state index contributed by atoms with van der Waals surface area (Å²) in [7, 11) is 0. The summed E-state index contributed by atoms with van der Waals surface area (Å²) in [6.45, 7) is 4.79. The van der Waals surface area contributed by atoms with Gasteiger partial charge in [0, 0.05) is 12.8 Å². The molecule has 0 aromatic carbocycles. The van der Waals surface area contributed by atoms with Crippen molar-refractivity contribution in [3.63, 3.8) is 0 Å². The van der Waals surface area contributed by atoms with Crippen LogP contribution in [0.2, 0.25) is 0 Å². The van der Waals surface area contributed by atoms with Crippen LogP contribution in [0, 0.1) is 0 Å². The van der Waals surface area contributed by atoms with Crippen LogP contribution in [0.5, 0.6) is 0 Å². The Kier molecular flexibility index (Phi) is 38.8. The first-order valence-electron chi connectivity index (χ1n) is 21.6. The van der Waals surface area contributed by atoms with Crippen LogP contribution in [0.25, 0.3) is 0 Å². The van der Waals surface area contributed by atoms with E-state index in [4.69, 9.17) is 4.74 Å². The second-order valence-electron chi connectivity index (χ2n) is 14.7. The molecule has 0 aliphatic carbocycles. The SMILES string of the molecule is CCCC/C=C\CCCCCCCC(=O)OCCCCCCCCCCCCCCCC(=O)NC(CO)C(O)/C=C/CCCCCCCCC. The number of aliphatic hydroxyl groups excluding tert-OH is 2. The number of rotatable bonds is 39. The van der Waals surface area contributed by atoms with Crippen molar-refractivity contribution in [1.29, 1.82) is 0 Å². The van der Waals surface area contributed by atoms with E-state index in [1.807, 2.05) is 6.08 Å². The minimum absolute atomic E-state index is 0.0193. The van der Waals surface area contributed by atoms with E-state index in [-0.39, 0.29) is 18.5 Å². The summed E-state index contributed by atoms with van der Waals surface area (Å²) < 4.78 is 5.42. The number of aliphatic hydroxyl groups is 2. The van der Waals surface area contributed by atoms with Crippen molar-refractivity contribution < 1.29 is 24.5 Å². The molecule has 0 aromatic heterocycles. The van der Waals surface area contributed by atoms with E-state index in [2.05, 4.69) is 31.3 Å². The zero-order valence-electron chi connectivity index (χ0n) is 33.1. The molecule has 0 aromatic rings. The van der Waals surface area contributed by atoms with Gasteiger partial charge in [-0.1, -0.05) is 179 Å². The molecule has 294 valence electrons. The van der Waals surface area contributed by atoms with Gasteiger partial charge in [0.25, 0.3) is 0 Å². The van der Waals surface area contributed by atoms with Crippen LogP contribution in [0.1, 0.15) is 219 Å². The molecule has 1 amide bonds. The fraction of sp³-hybridized carbons (Fsp3) is 0.864. The van der Waals surface area contributed by atoms with Crippen molar-refractivity contribution >= 4 is 11.9 Å². The summed E-state index contributed by atoms with van der Waals surface area (Å²) >= 11 is 0. The average molecular weight is 706 g/mol. The highest BCUT2D eigenvalue weighted by Gasteiger charge is 2.18. The largest absolute Gasteiger partial charge is 0.466 e. The topological polar surface area (TPSA) is 95.9 Å². The zero-order chi connectivity index (χ0) is 36.6. The molecule has 6 nitrogen and oxygen atoms in total. The molecule has 0 radical (unpaired) electrons. The maximum absolute atomic E-state index is 12.3. The summed E-state index contributed by atoms with van der Waals surface area (Å²) in [5.74, 6) is -0.105. The van der Waals surface area contributed by atoms with Gasteiger partial charge in [-0.15, -0.1) is 0 Å². The summed E-state index contributed by atoms with van der Waals surface area (Å²) in [5.41, 5.74) is 0. The molecule has 0 bridgehead atoms. The van der Waals surface area contributed by atoms with Gasteiger partial charge in [-0.3, -0.25) is 9.59 Å². The summed E-state index contributed by atoms with van der Waals surface area (Å²) in [4.78, 5) is 24.3. The molecule has 0 heterocycles. The van der Waals surface area contributed by atoms with Crippen LogP contribution < -0.4 is 5.32 Å². The van der Waals surface area contributed by atoms with E-state index in [1.165, 1.54) is 135 Å². The fourth-order valence-electron chi connectivity index (χ4n) is 6.32. The van der Waals surface area contributed by atoms with Gasteiger partial charge in [0.15, 0.2) is 0 Å². The number of carbonyl (C=O) groups is 2. The molecule has 0 saturated heterocycles. The lowest BCUT2D eigenvalue weighted by Crippen LogP contribution is -2.45. The lowest BCUT2D eigenvalue weighted by Gasteiger charge is -2.20. The van der Waals surface area contributed by atoms with E-state index in [9.17, 15) is 19.8 Å². The molecular weight excluding hydrogens is 622 g/mol. The van der Waals surface area contributed by atoms with Gasteiger partial charge >= 0.3 is 5.97 Å². The number of carbonyl (C=O) groups excluding carboxylic acids is 2. The minimum Gasteiger partial charge on any atom is -0.466 e. The van der Waals surface area contributed by atoms with Crippen LogP contribution in [0.15, 0.2) is 24.3 Å². The molecule has 6 heteroatoms. The normalized spacial score (nSPS) is 13.0. The van der Waals surface area contributed by atoms with Crippen molar-refractivity contribution in [3.05, 3.63) is 24.3 Å². The van der Waals surface area contributed by atoms with Crippen LogP contribution in [-0.4, -0.2) is 47.4 Å². The van der Waals surface area contributed by atoms with E-state index in [0.29, 0.717) is 19.4 Å². The van der Waals surface area contributed by atoms with Gasteiger partial charge in [0.05, 0.1) is 25.4 Å². The van der Waals surface area contributed by atoms with Gasteiger partial charge < -0.3 is 20.3 Å². The highest BCUT2D eigenvalue weighted by atomic mass is 16.5. The number of ether oxygens (including phenoxy) is 1. The predicted octanol–water partition coefficient (Wildman–Crippen LogP) is 12.0. The molecule has 0 fully saturated rings. The van der Waals surface area contributed by atoms with Crippen molar-refractivity contribution in [2.45, 2.75) is 231 Å². The van der Waals surface area contributed by atoms with Crippen molar-refractivity contribution in [2.75, 3.05) is 13.2 Å². The third-order valence-electron chi connectivity index (χ3n) is 9.72. The number of hydrogen-bond donors (Lipinski definition) is 3. The van der Waals surface area contributed by atoms with Crippen LogP contribution in [0.3, 0.4) is 0 Å². The Morgan fingerprint density at radius 2 is 0.960 bits per heavy atom.